The maximum absolute atomic E-state index is 10.5. The van der Waals surface area contributed by atoms with Gasteiger partial charge in [-0.05, 0) is 6.07 Å². The number of carbonyl (C=O) groups is 2. The minimum absolute atomic E-state index is 0.116. The standard InChI is InChI=1S/C7H3NO4S/c8-2-3-1-4(6(9)10)13-5(3)7(11)12/h1H,(H,9,10)(H,11,12). The van der Waals surface area contributed by atoms with Gasteiger partial charge in [0.1, 0.15) is 15.8 Å². The number of rotatable bonds is 2. The van der Waals surface area contributed by atoms with Gasteiger partial charge < -0.3 is 10.2 Å². The zero-order chi connectivity index (χ0) is 10.0. The van der Waals surface area contributed by atoms with Gasteiger partial charge >= 0.3 is 11.9 Å². The summed E-state index contributed by atoms with van der Waals surface area (Å²) in [7, 11) is 0. The molecule has 0 saturated heterocycles. The van der Waals surface area contributed by atoms with E-state index in [1.807, 2.05) is 0 Å². The summed E-state index contributed by atoms with van der Waals surface area (Å²) in [4.78, 5) is 20.5. The summed E-state index contributed by atoms with van der Waals surface area (Å²) in [6.07, 6.45) is 0. The lowest BCUT2D eigenvalue weighted by molar-refractivity contribution is 0.0693. The van der Waals surface area contributed by atoms with Crippen LogP contribution in [-0.4, -0.2) is 22.2 Å². The van der Waals surface area contributed by atoms with Gasteiger partial charge in [-0.25, -0.2) is 9.59 Å². The lowest BCUT2D eigenvalue weighted by atomic mass is 10.2. The highest BCUT2D eigenvalue weighted by molar-refractivity contribution is 7.16. The molecule has 13 heavy (non-hydrogen) atoms. The summed E-state index contributed by atoms with van der Waals surface area (Å²) < 4.78 is 0. The van der Waals surface area contributed by atoms with Gasteiger partial charge in [-0.3, -0.25) is 0 Å². The Balaban J connectivity index is 3.29. The van der Waals surface area contributed by atoms with Gasteiger partial charge in [0.05, 0.1) is 5.56 Å². The summed E-state index contributed by atoms with van der Waals surface area (Å²) in [5, 5.41) is 25.5. The lowest BCUT2D eigenvalue weighted by Crippen LogP contribution is -1.93. The van der Waals surface area contributed by atoms with E-state index in [-0.39, 0.29) is 15.3 Å². The van der Waals surface area contributed by atoms with Crippen LogP contribution >= 0.6 is 11.3 Å². The first-order valence-electron chi connectivity index (χ1n) is 3.06. The first-order valence-corrected chi connectivity index (χ1v) is 3.88. The lowest BCUT2D eigenvalue weighted by Gasteiger charge is -1.84. The number of hydrogen-bond donors (Lipinski definition) is 2. The second-order valence-corrected chi connectivity index (χ2v) is 3.13. The molecule has 5 nitrogen and oxygen atoms in total. The van der Waals surface area contributed by atoms with Gasteiger partial charge in [-0.15, -0.1) is 11.3 Å². The van der Waals surface area contributed by atoms with E-state index in [0.717, 1.165) is 6.07 Å². The van der Waals surface area contributed by atoms with Crippen LogP contribution in [0.5, 0.6) is 0 Å². The second-order valence-electron chi connectivity index (χ2n) is 2.08. The van der Waals surface area contributed by atoms with Crippen molar-refractivity contribution in [3.63, 3.8) is 0 Å². The van der Waals surface area contributed by atoms with Gasteiger partial charge in [-0.2, -0.15) is 5.26 Å². The Kier molecular flexibility index (Phi) is 2.30. The summed E-state index contributed by atoms with van der Waals surface area (Å²) in [5.74, 6) is -2.51. The smallest absolute Gasteiger partial charge is 0.347 e. The fourth-order valence-electron chi connectivity index (χ4n) is 0.738. The molecule has 0 spiro atoms. The number of nitriles is 1. The molecular weight excluding hydrogens is 194 g/mol. The molecule has 1 heterocycles. The summed E-state index contributed by atoms with van der Waals surface area (Å²) in [6.45, 7) is 0. The topological polar surface area (TPSA) is 98.4 Å². The third-order valence-corrected chi connectivity index (χ3v) is 2.37. The van der Waals surface area contributed by atoms with Crippen LogP contribution in [0.4, 0.5) is 0 Å². The fraction of sp³-hybridized carbons (Fsp3) is 0. The van der Waals surface area contributed by atoms with E-state index in [2.05, 4.69) is 0 Å². The molecule has 0 aliphatic heterocycles. The predicted octanol–water partition coefficient (Wildman–Crippen LogP) is 1.02. The second kappa shape index (κ2) is 3.25. The van der Waals surface area contributed by atoms with Crippen LogP contribution in [-0.2, 0) is 0 Å². The predicted molar refractivity (Wildman–Crippen MR) is 43.0 cm³/mol. The average Bonchev–Trinajstić information content (AvgIpc) is 2.47. The van der Waals surface area contributed by atoms with Crippen molar-refractivity contribution in [1.82, 2.24) is 0 Å². The zero-order valence-corrected chi connectivity index (χ0v) is 6.96. The number of aromatic carboxylic acids is 2. The molecule has 0 radical (unpaired) electrons. The van der Waals surface area contributed by atoms with E-state index >= 15 is 0 Å². The minimum atomic E-state index is -1.28. The van der Waals surface area contributed by atoms with Crippen LogP contribution in [0.15, 0.2) is 6.07 Å². The normalized spacial score (nSPS) is 9.15. The van der Waals surface area contributed by atoms with Crippen LogP contribution in [0.2, 0.25) is 0 Å². The Morgan fingerprint density at radius 3 is 2.31 bits per heavy atom. The van der Waals surface area contributed by atoms with Crippen molar-refractivity contribution in [2.75, 3.05) is 0 Å². The molecule has 0 amide bonds. The third-order valence-electron chi connectivity index (χ3n) is 1.26. The zero-order valence-electron chi connectivity index (χ0n) is 6.14. The molecular formula is C7H3NO4S. The van der Waals surface area contributed by atoms with Gasteiger partial charge in [-0.1, -0.05) is 0 Å². The van der Waals surface area contributed by atoms with Crippen molar-refractivity contribution < 1.29 is 19.8 Å². The molecule has 0 aliphatic carbocycles. The van der Waals surface area contributed by atoms with Gasteiger partial charge in [0, 0.05) is 0 Å². The summed E-state index contributed by atoms with van der Waals surface area (Å²) in [5.41, 5.74) is -0.116. The first-order chi connectivity index (χ1) is 6.06. The van der Waals surface area contributed by atoms with E-state index < -0.39 is 11.9 Å². The summed E-state index contributed by atoms with van der Waals surface area (Å²) in [6, 6.07) is 2.67. The largest absolute Gasteiger partial charge is 0.477 e. The van der Waals surface area contributed by atoms with E-state index in [1.165, 1.54) is 0 Å². The number of thiophene rings is 1. The Labute approximate surface area is 76.5 Å². The molecule has 0 bridgehead atoms. The van der Waals surface area contributed by atoms with E-state index in [0.29, 0.717) is 11.3 Å². The minimum Gasteiger partial charge on any atom is -0.477 e. The maximum Gasteiger partial charge on any atom is 0.347 e. The molecule has 1 aromatic heterocycles. The van der Waals surface area contributed by atoms with Crippen molar-refractivity contribution in [2.24, 2.45) is 0 Å². The molecule has 1 rings (SSSR count). The van der Waals surface area contributed by atoms with Crippen molar-refractivity contribution in [1.29, 1.82) is 5.26 Å². The Morgan fingerprint density at radius 1 is 1.38 bits per heavy atom. The van der Waals surface area contributed by atoms with Crippen LogP contribution < -0.4 is 0 Å². The van der Waals surface area contributed by atoms with Crippen molar-refractivity contribution >= 4 is 23.3 Å². The molecule has 1 aromatic rings. The third kappa shape index (κ3) is 1.65. The Hall–Kier alpha value is -1.87. The number of nitrogens with zero attached hydrogens (tertiary/aromatic N) is 1. The van der Waals surface area contributed by atoms with Gasteiger partial charge in [0.2, 0.25) is 0 Å². The summed E-state index contributed by atoms with van der Waals surface area (Å²) >= 11 is 0.579. The first kappa shape index (κ1) is 9.22. The highest BCUT2D eigenvalue weighted by Crippen LogP contribution is 2.21. The van der Waals surface area contributed by atoms with E-state index in [4.69, 9.17) is 15.5 Å². The molecule has 66 valence electrons. The Morgan fingerprint density at radius 2 is 2.00 bits per heavy atom. The fourth-order valence-corrected chi connectivity index (χ4v) is 1.52. The molecule has 2 N–H and O–H groups in total. The monoisotopic (exact) mass is 197 g/mol. The van der Waals surface area contributed by atoms with E-state index in [9.17, 15) is 9.59 Å². The van der Waals surface area contributed by atoms with Crippen molar-refractivity contribution in [3.05, 3.63) is 21.4 Å². The van der Waals surface area contributed by atoms with Crippen LogP contribution in [0, 0.1) is 11.3 Å². The van der Waals surface area contributed by atoms with Crippen LogP contribution in [0.1, 0.15) is 24.9 Å². The molecule has 0 saturated carbocycles. The molecule has 0 fully saturated rings. The quantitative estimate of drug-likeness (QED) is 0.737. The molecule has 0 aromatic carbocycles. The SMILES string of the molecule is N#Cc1cc(C(=O)O)sc1C(=O)O. The maximum atomic E-state index is 10.5. The molecule has 0 atom stereocenters. The van der Waals surface area contributed by atoms with Crippen molar-refractivity contribution in [3.8, 4) is 6.07 Å². The number of carboxylic acids is 2. The van der Waals surface area contributed by atoms with Gasteiger partial charge in [0.15, 0.2) is 0 Å². The average molecular weight is 197 g/mol. The number of carboxylic acid groups (broad SMARTS) is 2. The highest BCUT2D eigenvalue weighted by atomic mass is 32.1. The Bertz CT molecular complexity index is 415. The molecule has 0 unspecified atom stereocenters. The molecule has 6 heteroatoms. The van der Waals surface area contributed by atoms with Crippen LogP contribution in [0.3, 0.4) is 0 Å². The number of hydrogen-bond acceptors (Lipinski definition) is 4. The molecule has 0 aliphatic rings. The van der Waals surface area contributed by atoms with Crippen molar-refractivity contribution in [2.45, 2.75) is 0 Å². The van der Waals surface area contributed by atoms with Gasteiger partial charge in [0.25, 0.3) is 0 Å². The van der Waals surface area contributed by atoms with E-state index in [1.54, 1.807) is 6.07 Å². The van der Waals surface area contributed by atoms with Crippen LogP contribution in [0.25, 0.3) is 0 Å². The highest BCUT2D eigenvalue weighted by Gasteiger charge is 2.18.